The van der Waals surface area contributed by atoms with Gasteiger partial charge in [0.05, 0.1) is 16.8 Å². The Bertz CT molecular complexity index is 1210. The van der Waals surface area contributed by atoms with E-state index < -0.39 is 0 Å². The van der Waals surface area contributed by atoms with Crippen molar-refractivity contribution in [1.82, 2.24) is 29.8 Å². The molecule has 0 saturated carbocycles. The molecule has 0 fully saturated rings. The Labute approximate surface area is 161 Å². The standard InChI is InChI=1S/C21H20N6O/c1-13-3-2-4-16-15(9-24-19(13)16)10-27-6-5-18-17(11-27)21(28)26-20(25-18)14-7-22-12-23-8-14/h2-4,7-9,12,24H,5-6,10-11H2,1H3,(H,25,26,28). The number of nitrogens with one attached hydrogen (secondary N) is 2. The van der Waals surface area contributed by atoms with Crippen LogP contribution in [0.5, 0.6) is 0 Å². The molecule has 7 heteroatoms. The van der Waals surface area contributed by atoms with Crippen molar-refractivity contribution in [2.45, 2.75) is 26.4 Å². The SMILES string of the molecule is Cc1cccc2c(CN3CCc4nc(-c5cncnc5)[nH]c(=O)c4C3)c[nH]c12. The summed E-state index contributed by atoms with van der Waals surface area (Å²) in [7, 11) is 0. The first-order valence-electron chi connectivity index (χ1n) is 9.34. The van der Waals surface area contributed by atoms with Crippen LogP contribution in [0.15, 0.2) is 47.9 Å². The van der Waals surface area contributed by atoms with Gasteiger partial charge in [-0.15, -0.1) is 0 Å². The molecular weight excluding hydrogens is 352 g/mol. The summed E-state index contributed by atoms with van der Waals surface area (Å²) in [5, 5.41) is 1.25. The van der Waals surface area contributed by atoms with Crippen molar-refractivity contribution >= 4 is 10.9 Å². The summed E-state index contributed by atoms with van der Waals surface area (Å²) in [5.41, 5.74) is 5.94. The molecule has 0 atom stereocenters. The smallest absolute Gasteiger partial charge is 0.255 e. The predicted octanol–water partition coefficient (Wildman–Crippen LogP) is 2.57. The quantitative estimate of drug-likeness (QED) is 0.577. The molecule has 0 saturated heterocycles. The van der Waals surface area contributed by atoms with E-state index in [0.717, 1.165) is 36.3 Å². The highest BCUT2D eigenvalue weighted by Gasteiger charge is 2.22. The molecule has 0 bridgehead atoms. The van der Waals surface area contributed by atoms with Gasteiger partial charge in [-0.3, -0.25) is 9.69 Å². The zero-order chi connectivity index (χ0) is 19.1. The number of H-pyrrole nitrogens is 2. The number of para-hydroxylation sites is 1. The van der Waals surface area contributed by atoms with Crippen molar-refractivity contribution in [1.29, 1.82) is 0 Å². The zero-order valence-electron chi connectivity index (χ0n) is 15.6. The van der Waals surface area contributed by atoms with Crippen LogP contribution in [0.2, 0.25) is 0 Å². The van der Waals surface area contributed by atoms with Crippen LogP contribution in [-0.2, 0) is 19.5 Å². The summed E-state index contributed by atoms with van der Waals surface area (Å²) < 4.78 is 0. The molecule has 4 aromatic rings. The second-order valence-corrected chi connectivity index (χ2v) is 7.24. The van der Waals surface area contributed by atoms with Gasteiger partial charge in [-0.25, -0.2) is 15.0 Å². The van der Waals surface area contributed by atoms with Crippen molar-refractivity contribution in [3.8, 4) is 11.4 Å². The number of rotatable bonds is 3. The average molecular weight is 372 g/mol. The Morgan fingerprint density at radius 1 is 1.21 bits per heavy atom. The molecule has 0 unspecified atom stereocenters. The van der Waals surface area contributed by atoms with E-state index >= 15 is 0 Å². The zero-order valence-corrected chi connectivity index (χ0v) is 15.6. The van der Waals surface area contributed by atoms with Gasteiger partial charge in [0.25, 0.3) is 5.56 Å². The molecule has 7 nitrogen and oxygen atoms in total. The number of fused-ring (bicyclic) bond motifs is 2. The number of hydrogen-bond acceptors (Lipinski definition) is 5. The second-order valence-electron chi connectivity index (χ2n) is 7.24. The molecule has 0 radical (unpaired) electrons. The van der Waals surface area contributed by atoms with Crippen molar-refractivity contribution < 1.29 is 0 Å². The highest BCUT2D eigenvalue weighted by atomic mass is 16.1. The van der Waals surface area contributed by atoms with Gasteiger partial charge < -0.3 is 9.97 Å². The Morgan fingerprint density at radius 3 is 2.93 bits per heavy atom. The van der Waals surface area contributed by atoms with E-state index in [1.165, 1.54) is 28.4 Å². The van der Waals surface area contributed by atoms with Crippen molar-refractivity contribution in [2.24, 2.45) is 0 Å². The fourth-order valence-electron chi connectivity index (χ4n) is 3.91. The van der Waals surface area contributed by atoms with E-state index in [1.54, 1.807) is 12.4 Å². The third-order valence-corrected chi connectivity index (χ3v) is 5.39. The normalized spacial score (nSPS) is 14.3. The van der Waals surface area contributed by atoms with Crippen LogP contribution in [0.25, 0.3) is 22.3 Å². The molecule has 0 spiro atoms. The van der Waals surface area contributed by atoms with Gasteiger partial charge in [-0.1, -0.05) is 18.2 Å². The molecule has 5 rings (SSSR count). The summed E-state index contributed by atoms with van der Waals surface area (Å²) in [6, 6.07) is 6.35. The molecule has 1 aliphatic rings. The lowest BCUT2D eigenvalue weighted by molar-refractivity contribution is 0.242. The Balaban J connectivity index is 1.42. The van der Waals surface area contributed by atoms with Gasteiger partial charge in [-0.05, 0) is 18.1 Å². The minimum atomic E-state index is -0.0803. The summed E-state index contributed by atoms with van der Waals surface area (Å²) in [5.74, 6) is 0.532. The molecule has 1 aliphatic heterocycles. The fourth-order valence-corrected chi connectivity index (χ4v) is 3.91. The molecule has 0 aliphatic carbocycles. The van der Waals surface area contributed by atoms with Crippen LogP contribution in [0.3, 0.4) is 0 Å². The second kappa shape index (κ2) is 6.69. The molecule has 1 aromatic carbocycles. The van der Waals surface area contributed by atoms with E-state index in [4.69, 9.17) is 0 Å². The van der Waals surface area contributed by atoms with Crippen LogP contribution in [0.4, 0.5) is 0 Å². The number of benzene rings is 1. The molecule has 4 heterocycles. The van der Waals surface area contributed by atoms with Gasteiger partial charge in [0, 0.05) is 55.5 Å². The van der Waals surface area contributed by atoms with Gasteiger partial charge in [0.1, 0.15) is 12.2 Å². The molecule has 3 aromatic heterocycles. The first-order valence-corrected chi connectivity index (χ1v) is 9.34. The summed E-state index contributed by atoms with van der Waals surface area (Å²) >= 11 is 0. The highest BCUT2D eigenvalue weighted by molar-refractivity contribution is 5.85. The van der Waals surface area contributed by atoms with Gasteiger partial charge in [0.2, 0.25) is 0 Å². The van der Waals surface area contributed by atoms with Crippen molar-refractivity contribution in [3.05, 3.63) is 75.9 Å². The molecule has 28 heavy (non-hydrogen) atoms. The van der Waals surface area contributed by atoms with Crippen LogP contribution in [0.1, 0.15) is 22.4 Å². The third-order valence-electron chi connectivity index (χ3n) is 5.39. The average Bonchev–Trinajstić information content (AvgIpc) is 3.13. The highest BCUT2D eigenvalue weighted by Crippen LogP contribution is 2.24. The first kappa shape index (κ1) is 16.8. The van der Waals surface area contributed by atoms with E-state index in [-0.39, 0.29) is 5.56 Å². The first-order chi connectivity index (χ1) is 13.7. The molecule has 2 N–H and O–H groups in total. The predicted molar refractivity (Wildman–Crippen MR) is 107 cm³/mol. The van der Waals surface area contributed by atoms with E-state index in [2.05, 4.69) is 61.1 Å². The lowest BCUT2D eigenvalue weighted by Crippen LogP contribution is -2.35. The van der Waals surface area contributed by atoms with Gasteiger partial charge in [0.15, 0.2) is 0 Å². The Kier molecular flexibility index (Phi) is 4.02. The van der Waals surface area contributed by atoms with Crippen LogP contribution in [-0.4, -0.2) is 36.4 Å². The van der Waals surface area contributed by atoms with Gasteiger partial charge in [-0.2, -0.15) is 0 Å². The lowest BCUT2D eigenvalue weighted by atomic mass is 10.0. The topological polar surface area (TPSA) is 90.6 Å². The number of hydrogen-bond donors (Lipinski definition) is 2. The maximum Gasteiger partial charge on any atom is 0.255 e. The van der Waals surface area contributed by atoms with E-state index in [0.29, 0.717) is 12.4 Å². The lowest BCUT2D eigenvalue weighted by Gasteiger charge is -2.27. The minimum Gasteiger partial charge on any atom is -0.361 e. The summed E-state index contributed by atoms with van der Waals surface area (Å²) in [4.78, 5) is 33.9. The summed E-state index contributed by atoms with van der Waals surface area (Å²) in [6.45, 7) is 4.38. The van der Waals surface area contributed by atoms with E-state index in [9.17, 15) is 4.79 Å². The maximum atomic E-state index is 12.7. The largest absolute Gasteiger partial charge is 0.361 e. The van der Waals surface area contributed by atoms with Crippen molar-refractivity contribution in [3.63, 3.8) is 0 Å². The number of aryl methyl sites for hydroxylation is 1. The van der Waals surface area contributed by atoms with Crippen LogP contribution < -0.4 is 5.56 Å². The molecular formula is C21H20N6O. The molecule has 140 valence electrons. The fraction of sp³-hybridized carbons (Fsp3) is 0.238. The molecule has 0 amide bonds. The number of aromatic amines is 2. The van der Waals surface area contributed by atoms with Crippen molar-refractivity contribution in [2.75, 3.05) is 6.54 Å². The van der Waals surface area contributed by atoms with Crippen LogP contribution >= 0.6 is 0 Å². The minimum absolute atomic E-state index is 0.0803. The third kappa shape index (κ3) is 2.90. The Hall–Kier alpha value is -3.32. The van der Waals surface area contributed by atoms with Crippen LogP contribution in [0, 0.1) is 6.92 Å². The monoisotopic (exact) mass is 372 g/mol. The maximum absolute atomic E-state index is 12.7. The number of aromatic nitrogens is 5. The van der Waals surface area contributed by atoms with E-state index in [1.807, 2.05) is 0 Å². The number of nitrogens with zero attached hydrogens (tertiary/aromatic N) is 4. The van der Waals surface area contributed by atoms with Gasteiger partial charge >= 0.3 is 0 Å². The summed E-state index contributed by atoms with van der Waals surface area (Å²) in [6.07, 6.45) is 7.61. The Morgan fingerprint density at radius 2 is 2.07 bits per heavy atom.